The molecule has 0 unspecified atom stereocenters. The van der Waals surface area contributed by atoms with Gasteiger partial charge in [0.25, 0.3) is 0 Å². The third-order valence-corrected chi connectivity index (χ3v) is 6.73. The number of hydrogen-bond donors (Lipinski definition) is 0. The molecule has 1 aromatic heterocycles. The smallest absolute Gasteiger partial charge is 0.173 e. The van der Waals surface area contributed by atoms with Gasteiger partial charge in [-0.05, 0) is 53.1 Å². The number of hydrogen-bond acceptors (Lipinski definition) is 7. The average molecular weight is 448 g/mol. The fourth-order valence-corrected chi connectivity index (χ4v) is 4.87. The van der Waals surface area contributed by atoms with Gasteiger partial charge < -0.3 is 14.5 Å². The standard InChI is InChI=1S/C25H33N7O/c1-29(2)21-12-10-20(11-13-21)24(25-26-27-28-32(25)19-23-9-6-18-33-23)31-16-14-30(15-17-31)22-7-4-3-5-8-22/h3-5,7-8,10-13,23-24H,6,9,14-19H2,1-2H3/t23-,24-/m1/s1. The predicted molar refractivity (Wildman–Crippen MR) is 130 cm³/mol. The first-order valence-electron chi connectivity index (χ1n) is 11.9. The highest BCUT2D eigenvalue weighted by Gasteiger charge is 2.31. The maximum absolute atomic E-state index is 5.88. The molecule has 0 bridgehead atoms. The quantitative estimate of drug-likeness (QED) is 0.552. The van der Waals surface area contributed by atoms with Crippen molar-refractivity contribution in [2.24, 2.45) is 0 Å². The highest BCUT2D eigenvalue weighted by atomic mass is 16.5. The molecule has 174 valence electrons. The Morgan fingerprint density at radius 3 is 2.42 bits per heavy atom. The van der Waals surface area contributed by atoms with Crippen LogP contribution >= 0.6 is 0 Å². The molecule has 0 amide bonds. The molecule has 8 nitrogen and oxygen atoms in total. The minimum absolute atomic E-state index is 0.00976. The Morgan fingerprint density at radius 2 is 1.76 bits per heavy atom. The minimum Gasteiger partial charge on any atom is -0.378 e. The van der Waals surface area contributed by atoms with Crippen LogP contribution < -0.4 is 9.80 Å². The van der Waals surface area contributed by atoms with Gasteiger partial charge in [0.15, 0.2) is 5.82 Å². The van der Waals surface area contributed by atoms with E-state index in [0.29, 0.717) is 6.54 Å². The summed E-state index contributed by atoms with van der Waals surface area (Å²) in [7, 11) is 4.13. The van der Waals surface area contributed by atoms with Crippen molar-refractivity contribution in [3.8, 4) is 0 Å². The zero-order chi connectivity index (χ0) is 22.6. The molecule has 8 heteroatoms. The van der Waals surface area contributed by atoms with Gasteiger partial charge in [-0.15, -0.1) is 5.10 Å². The highest BCUT2D eigenvalue weighted by molar-refractivity contribution is 5.48. The number of aromatic nitrogens is 4. The SMILES string of the molecule is CN(C)c1ccc([C@H](c2nnnn2C[C@H]2CCCO2)N2CCN(c3ccccc3)CC2)cc1. The number of ether oxygens (including phenoxy) is 1. The lowest BCUT2D eigenvalue weighted by molar-refractivity contribution is 0.0906. The largest absolute Gasteiger partial charge is 0.378 e. The maximum Gasteiger partial charge on any atom is 0.173 e. The van der Waals surface area contributed by atoms with E-state index < -0.39 is 0 Å². The number of anilines is 2. The van der Waals surface area contributed by atoms with Crippen molar-refractivity contribution in [2.75, 3.05) is 56.7 Å². The molecule has 0 radical (unpaired) electrons. The van der Waals surface area contributed by atoms with E-state index in [0.717, 1.165) is 51.5 Å². The molecule has 2 aromatic carbocycles. The maximum atomic E-state index is 5.88. The number of nitrogens with zero attached hydrogens (tertiary/aromatic N) is 7. The summed E-state index contributed by atoms with van der Waals surface area (Å²) in [5.41, 5.74) is 3.69. The van der Waals surface area contributed by atoms with Crippen LogP contribution in [0.2, 0.25) is 0 Å². The van der Waals surface area contributed by atoms with Crippen molar-refractivity contribution in [1.29, 1.82) is 0 Å². The first-order valence-corrected chi connectivity index (χ1v) is 11.9. The van der Waals surface area contributed by atoms with Gasteiger partial charge in [-0.3, -0.25) is 4.90 Å². The normalized spacial score (nSPS) is 20.2. The molecule has 0 saturated carbocycles. The monoisotopic (exact) mass is 447 g/mol. The van der Waals surface area contributed by atoms with Crippen molar-refractivity contribution in [3.63, 3.8) is 0 Å². The van der Waals surface area contributed by atoms with E-state index in [1.165, 1.54) is 16.9 Å². The number of para-hydroxylation sites is 1. The van der Waals surface area contributed by atoms with Gasteiger partial charge in [-0.25, -0.2) is 4.68 Å². The topological polar surface area (TPSA) is 62.6 Å². The van der Waals surface area contributed by atoms with Gasteiger partial charge in [0, 0.05) is 58.3 Å². The summed E-state index contributed by atoms with van der Waals surface area (Å²) in [5, 5.41) is 13.0. The first-order chi connectivity index (χ1) is 16.2. The van der Waals surface area contributed by atoms with E-state index >= 15 is 0 Å². The van der Waals surface area contributed by atoms with Crippen LogP contribution in [0.4, 0.5) is 11.4 Å². The molecule has 2 atom stereocenters. The number of rotatable bonds is 7. The Kier molecular flexibility index (Phi) is 6.55. The van der Waals surface area contributed by atoms with Crippen LogP contribution in [0.5, 0.6) is 0 Å². The Bertz CT molecular complexity index is 1010. The summed E-state index contributed by atoms with van der Waals surface area (Å²) >= 11 is 0. The molecule has 33 heavy (non-hydrogen) atoms. The molecule has 2 fully saturated rings. The van der Waals surface area contributed by atoms with E-state index in [-0.39, 0.29) is 12.1 Å². The minimum atomic E-state index is 0.00976. The lowest BCUT2D eigenvalue weighted by Gasteiger charge is -2.40. The molecule has 5 rings (SSSR count). The summed E-state index contributed by atoms with van der Waals surface area (Å²) in [5.74, 6) is 0.899. The van der Waals surface area contributed by atoms with E-state index in [9.17, 15) is 0 Å². The van der Waals surface area contributed by atoms with Crippen molar-refractivity contribution in [2.45, 2.75) is 31.5 Å². The molecular weight excluding hydrogens is 414 g/mol. The van der Waals surface area contributed by atoms with E-state index in [1.54, 1.807) is 0 Å². The Morgan fingerprint density at radius 1 is 1.00 bits per heavy atom. The zero-order valence-electron chi connectivity index (χ0n) is 19.5. The second-order valence-electron chi connectivity index (χ2n) is 9.10. The van der Waals surface area contributed by atoms with Gasteiger partial charge >= 0.3 is 0 Å². The van der Waals surface area contributed by atoms with Crippen molar-refractivity contribution < 1.29 is 4.74 Å². The van der Waals surface area contributed by atoms with E-state index in [2.05, 4.69) is 98.9 Å². The lowest BCUT2D eigenvalue weighted by atomic mass is 10.0. The summed E-state index contributed by atoms with van der Waals surface area (Å²) in [6.45, 7) is 5.38. The fourth-order valence-electron chi connectivity index (χ4n) is 4.87. The van der Waals surface area contributed by atoms with Crippen LogP contribution in [0.3, 0.4) is 0 Å². The Labute approximate surface area is 195 Å². The summed E-state index contributed by atoms with van der Waals surface area (Å²) < 4.78 is 7.84. The Balaban J connectivity index is 1.41. The molecule has 2 aliphatic heterocycles. The fraction of sp³-hybridized carbons (Fsp3) is 0.480. The summed E-state index contributed by atoms with van der Waals surface area (Å²) in [6, 6.07) is 19.5. The van der Waals surface area contributed by atoms with Crippen LogP contribution in [0.15, 0.2) is 54.6 Å². The van der Waals surface area contributed by atoms with Crippen molar-refractivity contribution >= 4 is 11.4 Å². The average Bonchev–Trinajstić information content (AvgIpc) is 3.54. The van der Waals surface area contributed by atoms with Gasteiger partial charge in [0.1, 0.15) is 0 Å². The third kappa shape index (κ3) is 4.86. The van der Waals surface area contributed by atoms with Gasteiger partial charge in [-0.1, -0.05) is 30.3 Å². The number of piperazine rings is 1. The van der Waals surface area contributed by atoms with E-state index in [1.807, 2.05) is 4.68 Å². The predicted octanol–water partition coefficient (Wildman–Crippen LogP) is 2.83. The molecular formula is C25H33N7O. The molecule has 2 saturated heterocycles. The summed E-state index contributed by atoms with van der Waals surface area (Å²) in [4.78, 5) is 7.10. The van der Waals surface area contributed by atoms with Crippen LogP contribution in [0, 0.1) is 0 Å². The van der Waals surface area contributed by atoms with Crippen LogP contribution in [-0.4, -0.2) is 78.1 Å². The van der Waals surface area contributed by atoms with Gasteiger partial charge in [-0.2, -0.15) is 0 Å². The van der Waals surface area contributed by atoms with Crippen molar-refractivity contribution in [3.05, 3.63) is 66.0 Å². The highest BCUT2D eigenvalue weighted by Crippen LogP contribution is 2.31. The van der Waals surface area contributed by atoms with Crippen molar-refractivity contribution in [1.82, 2.24) is 25.1 Å². The number of tetrazole rings is 1. The zero-order valence-corrected chi connectivity index (χ0v) is 19.5. The Hall–Kier alpha value is -2.97. The second kappa shape index (κ2) is 9.89. The van der Waals surface area contributed by atoms with E-state index in [4.69, 9.17) is 4.74 Å². The van der Waals surface area contributed by atoms with Gasteiger partial charge in [0.2, 0.25) is 0 Å². The second-order valence-corrected chi connectivity index (χ2v) is 9.10. The molecule has 0 N–H and O–H groups in total. The summed E-state index contributed by atoms with van der Waals surface area (Å²) in [6.07, 6.45) is 2.37. The molecule has 3 aromatic rings. The molecule has 3 heterocycles. The molecule has 0 aliphatic carbocycles. The third-order valence-electron chi connectivity index (χ3n) is 6.73. The van der Waals surface area contributed by atoms with Crippen LogP contribution in [0.25, 0.3) is 0 Å². The molecule has 2 aliphatic rings. The van der Waals surface area contributed by atoms with Crippen LogP contribution in [0.1, 0.15) is 30.3 Å². The van der Waals surface area contributed by atoms with Gasteiger partial charge in [0.05, 0.1) is 18.7 Å². The molecule has 0 spiro atoms. The lowest BCUT2D eigenvalue weighted by Crippen LogP contribution is -2.48. The van der Waals surface area contributed by atoms with Crippen LogP contribution in [-0.2, 0) is 11.3 Å². The number of benzene rings is 2. The first kappa shape index (κ1) is 21.9.